The Balaban J connectivity index is 1.31. The molecule has 6 heteroatoms. The molecule has 2 aromatic carbocycles. The second-order valence-corrected chi connectivity index (χ2v) is 7.26. The van der Waals surface area contributed by atoms with Gasteiger partial charge in [-0.2, -0.15) is 0 Å². The zero-order valence-electron chi connectivity index (χ0n) is 16.0. The minimum absolute atomic E-state index is 0.336. The molecule has 0 atom stereocenters. The fourth-order valence-corrected chi connectivity index (χ4v) is 3.91. The van der Waals surface area contributed by atoms with E-state index in [2.05, 4.69) is 24.3 Å². The number of nitrogens with one attached hydrogen (secondary N) is 2. The number of fused-ring (bicyclic) bond motifs is 1. The zero-order valence-corrected chi connectivity index (χ0v) is 16.0. The van der Waals surface area contributed by atoms with Crippen LogP contribution in [0.15, 0.2) is 36.4 Å². The molecule has 1 fully saturated rings. The lowest BCUT2D eigenvalue weighted by molar-refractivity contribution is -1.02. The van der Waals surface area contributed by atoms with Crippen LogP contribution >= 0.6 is 0 Å². The highest BCUT2D eigenvalue weighted by atomic mass is 16.7. The molecule has 6 nitrogen and oxygen atoms in total. The SMILES string of the molecule is COc1cc(C[NH+]2CC[NH+](Cc3ccc4c(c3)OCO4)CC2)cc(OC)c1. The van der Waals surface area contributed by atoms with Crippen molar-refractivity contribution in [3.05, 3.63) is 47.5 Å². The van der Waals surface area contributed by atoms with Crippen molar-refractivity contribution in [2.75, 3.05) is 47.2 Å². The van der Waals surface area contributed by atoms with Crippen molar-refractivity contribution in [1.82, 2.24) is 0 Å². The Morgan fingerprint density at radius 1 is 0.741 bits per heavy atom. The van der Waals surface area contributed by atoms with E-state index in [1.807, 2.05) is 12.1 Å². The summed E-state index contributed by atoms with van der Waals surface area (Å²) in [6.07, 6.45) is 0. The van der Waals surface area contributed by atoms with Crippen LogP contribution in [-0.2, 0) is 13.1 Å². The lowest BCUT2D eigenvalue weighted by atomic mass is 10.1. The van der Waals surface area contributed by atoms with Gasteiger partial charge in [0.25, 0.3) is 0 Å². The van der Waals surface area contributed by atoms with Crippen LogP contribution in [0.25, 0.3) is 0 Å². The molecule has 2 N–H and O–H groups in total. The maximum atomic E-state index is 5.49. The van der Waals surface area contributed by atoms with Gasteiger partial charge < -0.3 is 28.7 Å². The highest BCUT2D eigenvalue weighted by molar-refractivity contribution is 5.44. The predicted octanol–water partition coefficient (Wildman–Crippen LogP) is -0.0839. The molecule has 0 amide bonds. The summed E-state index contributed by atoms with van der Waals surface area (Å²) in [5, 5.41) is 0. The van der Waals surface area contributed by atoms with Gasteiger partial charge in [0.05, 0.1) is 14.2 Å². The van der Waals surface area contributed by atoms with Gasteiger partial charge in [0, 0.05) is 17.2 Å². The average molecular weight is 372 g/mol. The number of ether oxygens (including phenoxy) is 4. The molecule has 0 radical (unpaired) electrons. The second-order valence-electron chi connectivity index (χ2n) is 7.26. The first-order valence-corrected chi connectivity index (χ1v) is 9.51. The van der Waals surface area contributed by atoms with Crippen LogP contribution < -0.4 is 28.7 Å². The van der Waals surface area contributed by atoms with Crippen LogP contribution in [0.2, 0.25) is 0 Å². The maximum Gasteiger partial charge on any atom is 0.231 e. The number of rotatable bonds is 6. The van der Waals surface area contributed by atoms with Gasteiger partial charge in [-0.3, -0.25) is 0 Å². The van der Waals surface area contributed by atoms with Crippen molar-refractivity contribution in [3.63, 3.8) is 0 Å². The highest BCUT2D eigenvalue weighted by Gasteiger charge is 2.24. The first kappa shape index (κ1) is 17.9. The summed E-state index contributed by atoms with van der Waals surface area (Å²) < 4.78 is 21.7. The van der Waals surface area contributed by atoms with E-state index in [1.165, 1.54) is 37.3 Å². The fourth-order valence-electron chi connectivity index (χ4n) is 3.91. The molecule has 2 aliphatic rings. The van der Waals surface area contributed by atoms with Crippen LogP contribution in [0, 0.1) is 0 Å². The Bertz CT molecular complexity index is 765. The second kappa shape index (κ2) is 8.06. The van der Waals surface area contributed by atoms with E-state index >= 15 is 0 Å². The van der Waals surface area contributed by atoms with Gasteiger partial charge in [-0.05, 0) is 30.3 Å². The largest absolute Gasteiger partial charge is 0.497 e. The Labute approximate surface area is 160 Å². The van der Waals surface area contributed by atoms with Crippen LogP contribution in [-0.4, -0.2) is 47.2 Å². The van der Waals surface area contributed by atoms with Crippen LogP contribution in [0.5, 0.6) is 23.0 Å². The molecule has 0 aliphatic carbocycles. The third-order valence-electron chi connectivity index (χ3n) is 5.42. The molecule has 0 saturated carbocycles. The van der Waals surface area contributed by atoms with E-state index in [4.69, 9.17) is 18.9 Å². The van der Waals surface area contributed by atoms with E-state index in [1.54, 1.807) is 24.0 Å². The topological polar surface area (TPSA) is 45.8 Å². The van der Waals surface area contributed by atoms with Crippen molar-refractivity contribution in [2.45, 2.75) is 13.1 Å². The standard InChI is InChI=1S/C21H26N2O4/c1-24-18-9-17(10-19(12-18)25-2)14-23-7-5-22(6-8-23)13-16-3-4-20-21(11-16)27-15-26-20/h3-4,9-12H,5-8,13-15H2,1-2H3/p+2. The highest BCUT2D eigenvalue weighted by Crippen LogP contribution is 2.32. The third-order valence-corrected chi connectivity index (χ3v) is 5.42. The normalized spacial score (nSPS) is 21.1. The summed E-state index contributed by atoms with van der Waals surface area (Å²) in [7, 11) is 3.40. The molecule has 0 aromatic heterocycles. The third kappa shape index (κ3) is 4.28. The van der Waals surface area contributed by atoms with E-state index < -0.39 is 0 Å². The van der Waals surface area contributed by atoms with Gasteiger partial charge >= 0.3 is 0 Å². The first-order valence-electron chi connectivity index (χ1n) is 9.51. The number of hydrogen-bond acceptors (Lipinski definition) is 4. The lowest BCUT2D eigenvalue weighted by Gasteiger charge is -2.30. The van der Waals surface area contributed by atoms with Crippen molar-refractivity contribution < 1.29 is 28.7 Å². The molecule has 27 heavy (non-hydrogen) atoms. The van der Waals surface area contributed by atoms with Gasteiger partial charge in [0.1, 0.15) is 50.8 Å². The molecule has 2 heterocycles. The van der Waals surface area contributed by atoms with E-state index in [9.17, 15) is 0 Å². The maximum absolute atomic E-state index is 5.49. The van der Waals surface area contributed by atoms with Crippen LogP contribution in [0.1, 0.15) is 11.1 Å². The summed E-state index contributed by atoms with van der Waals surface area (Å²) in [6.45, 7) is 7.05. The van der Waals surface area contributed by atoms with Crippen molar-refractivity contribution >= 4 is 0 Å². The summed E-state index contributed by atoms with van der Waals surface area (Å²) in [6, 6.07) is 12.4. The Morgan fingerprint density at radius 3 is 1.96 bits per heavy atom. The Kier molecular flexibility index (Phi) is 5.36. The van der Waals surface area contributed by atoms with E-state index in [0.29, 0.717) is 6.79 Å². The van der Waals surface area contributed by atoms with Gasteiger partial charge in [-0.25, -0.2) is 0 Å². The average Bonchev–Trinajstić information content (AvgIpc) is 3.17. The molecule has 2 aliphatic heterocycles. The molecule has 4 rings (SSSR count). The number of hydrogen-bond donors (Lipinski definition) is 2. The monoisotopic (exact) mass is 372 g/mol. The quantitative estimate of drug-likeness (QED) is 0.745. The summed E-state index contributed by atoms with van der Waals surface area (Å²) in [5.41, 5.74) is 2.58. The van der Waals surface area contributed by atoms with E-state index in [-0.39, 0.29) is 0 Å². The number of methoxy groups -OCH3 is 2. The van der Waals surface area contributed by atoms with Crippen molar-refractivity contribution in [3.8, 4) is 23.0 Å². The summed E-state index contributed by atoms with van der Waals surface area (Å²) in [5.74, 6) is 3.45. The van der Waals surface area contributed by atoms with Crippen LogP contribution in [0.4, 0.5) is 0 Å². The molecule has 0 bridgehead atoms. The zero-order chi connectivity index (χ0) is 18.6. The molecule has 0 spiro atoms. The molecule has 144 valence electrons. The van der Waals surface area contributed by atoms with Gasteiger partial charge in [0.2, 0.25) is 6.79 Å². The lowest BCUT2D eigenvalue weighted by Crippen LogP contribution is -3.27. The molecule has 0 unspecified atom stereocenters. The van der Waals surface area contributed by atoms with Crippen molar-refractivity contribution in [2.24, 2.45) is 0 Å². The Hall–Kier alpha value is -2.44. The molecular weight excluding hydrogens is 344 g/mol. The molecular formula is C21H28N2O4+2. The number of benzene rings is 2. The first-order chi connectivity index (χ1) is 13.2. The van der Waals surface area contributed by atoms with E-state index in [0.717, 1.165) is 36.1 Å². The van der Waals surface area contributed by atoms with Gasteiger partial charge in [-0.15, -0.1) is 0 Å². The minimum Gasteiger partial charge on any atom is -0.497 e. The smallest absolute Gasteiger partial charge is 0.231 e. The number of piperazine rings is 1. The molecule has 2 aromatic rings. The van der Waals surface area contributed by atoms with Gasteiger partial charge in [0.15, 0.2) is 11.5 Å². The fraction of sp³-hybridized carbons (Fsp3) is 0.429. The number of quaternary nitrogens is 2. The summed E-state index contributed by atoms with van der Waals surface area (Å²) in [4.78, 5) is 3.24. The molecule has 1 saturated heterocycles. The van der Waals surface area contributed by atoms with Crippen LogP contribution in [0.3, 0.4) is 0 Å². The minimum atomic E-state index is 0.336. The van der Waals surface area contributed by atoms with Crippen molar-refractivity contribution in [1.29, 1.82) is 0 Å². The summed E-state index contributed by atoms with van der Waals surface area (Å²) >= 11 is 0. The Morgan fingerprint density at radius 2 is 1.33 bits per heavy atom. The predicted molar refractivity (Wildman–Crippen MR) is 101 cm³/mol. The van der Waals surface area contributed by atoms with Gasteiger partial charge in [-0.1, -0.05) is 0 Å².